The summed E-state index contributed by atoms with van der Waals surface area (Å²) < 4.78 is 5.99. The van der Waals surface area contributed by atoms with Gasteiger partial charge in [0.1, 0.15) is 6.29 Å². The Kier molecular flexibility index (Phi) is 3.31. The molecule has 1 aliphatic rings. The van der Waals surface area contributed by atoms with Crippen LogP contribution < -0.4 is 9.64 Å². The SMILES string of the molecule is O=Cc1ccc2c(c1)Oc1ccccc1N2Cc1ccccc1. The lowest BCUT2D eigenvalue weighted by Crippen LogP contribution is -2.20. The van der Waals surface area contributed by atoms with E-state index in [2.05, 4.69) is 23.1 Å². The van der Waals surface area contributed by atoms with Crippen molar-refractivity contribution >= 4 is 17.7 Å². The summed E-state index contributed by atoms with van der Waals surface area (Å²) in [6, 6.07) is 23.8. The van der Waals surface area contributed by atoms with Crippen molar-refractivity contribution in [2.45, 2.75) is 6.54 Å². The molecule has 3 nitrogen and oxygen atoms in total. The molecule has 0 fully saturated rings. The summed E-state index contributed by atoms with van der Waals surface area (Å²) in [5, 5.41) is 0. The smallest absolute Gasteiger partial charge is 0.151 e. The third kappa shape index (κ3) is 2.46. The van der Waals surface area contributed by atoms with Gasteiger partial charge in [-0.15, -0.1) is 0 Å². The Labute approximate surface area is 134 Å². The lowest BCUT2D eigenvalue weighted by atomic mass is 10.1. The number of para-hydroxylation sites is 2. The van der Waals surface area contributed by atoms with Gasteiger partial charge < -0.3 is 9.64 Å². The monoisotopic (exact) mass is 301 g/mol. The third-order valence-corrected chi connectivity index (χ3v) is 3.97. The molecule has 0 amide bonds. The van der Waals surface area contributed by atoms with Crippen molar-refractivity contribution in [3.63, 3.8) is 0 Å². The fraction of sp³-hybridized carbons (Fsp3) is 0.0500. The number of hydrogen-bond acceptors (Lipinski definition) is 3. The summed E-state index contributed by atoms with van der Waals surface area (Å²) in [4.78, 5) is 13.3. The van der Waals surface area contributed by atoms with Crippen LogP contribution in [0.15, 0.2) is 72.8 Å². The standard InChI is InChI=1S/C20H15NO2/c22-14-16-10-11-18-20(12-16)23-19-9-5-4-8-17(19)21(18)13-15-6-2-1-3-7-15/h1-12,14H,13H2. The van der Waals surface area contributed by atoms with Crippen LogP contribution in [0, 0.1) is 0 Å². The average molecular weight is 301 g/mol. The lowest BCUT2D eigenvalue weighted by molar-refractivity contribution is 0.112. The zero-order chi connectivity index (χ0) is 15.6. The topological polar surface area (TPSA) is 29.5 Å². The van der Waals surface area contributed by atoms with Crippen LogP contribution in [0.2, 0.25) is 0 Å². The van der Waals surface area contributed by atoms with Crippen molar-refractivity contribution in [2.24, 2.45) is 0 Å². The minimum atomic E-state index is 0.614. The quantitative estimate of drug-likeness (QED) is 0.641. The molecule has 0 saturated carbocycles. The van der Waals surface area contributed by atoms with Gasteiger partial charge in [-0.25, -0.2) is 0 Å². The molecule has 3 heteroatoms. The normalized spacial score (nSPS) is 12.1. The highest BCUT2D eigenvalue weighted by molar-refractivity contribution is 5.83. The summed E-state index contributed by atoms with van der Waals surface area (Å²) in [6.07, 6.45) is 0.839. The number of rotatable bonds is 3. The van der Waals surface area contributed by atoms with Crippen LogP contribution in [0.25, 0.3) is 0 Å². The second-order valence-electron chi connectivity index (χ2n) is 5.49. The molecule has 4 rings (SSSR count). The molecular weight excluding hydrogens is 286 g/mol. The third-order valence-electron chi connectivity index (χ3n) is 3.97. The molecule has 0 spiro atoms. The number of hydrogen-bond donors (Lipinski definition) is 0. The van der Waals surface area contributed by atoms with Gasteiger partial charge in [-0.1, -0.05) is 42.5 Å². The van der Waals surface area contributed by atoms with Crippen molar-refractivity contribution in [3.05, 3.63) is 83.9 Å². The van der Waals surface area contributed by atoms with Gasteiger partial charge >= 0.3 is 0 Å². The van der Waals surface area contributed by atoms with Gasteiger partial charge in [0.15, 0.2) is 11.5 Å². The summed E-state index contributed by atoms with van der Waals surface area (Å²) >= 11 is 0. The summed E-state index contributed by atoms with van der Waals surface area (Å²) in [5.74, 6) is 1.52. The van der Waals surface area contributed by atoms with E-state index in [9.17, 15) is 4.79 Å². The molecule has 0 bridgehead atoms. The molecular formula is C20H15NO2. The molecule has 3 aromatic carbocycles. The highest BCUT2D eigenvalue weighted by atomic mass is 16.5. The molecule has 0 saturated heterocycles. The Hall–Kier alpha value is -3.07. The molecule has 0 unspecified atom stereocenters. The number of ether oxygens (including phenoxy) is 1. The van der Waals surface area contributed by atoms with Crippen LogP contribution in [-0.4, -0.2) is 6.29 Å². The molecule has 1 aliphatic heterocycles. The molecule has 0 N–H and O–H groups in total. The van der Waals surface area contributed by atoms with Gasteiger partial charge in [-0.05, 0) is 35.9 Å². The Morgan fingerprint density at radius 2 is 1.57 bits per heavy atom. The molecule has 0 atom stereocenters. The fourth-order valence-electron chi connectivity index (χ4n) is 2.86. The maximum atomic E-state index is 11.0. The van der Waals surface area contributed by atoms with E-state index in [1.54, 1.807) is 6.07 Å². The van der Waals surface area contributed by atoms with Crippen LogP contribution in [-0.2, 0) is 6.54 Å². The molecule has 23 heavy (non-hydrogen) atoms. The molecule has 3 aromatic rings. The average Bonchev–Trinajstić information content (AvgIpc) is 2.62. The number of carbonyl (C=O) groups excluding carboxylic acids is 1. The fourth-order valence-corrected chi connectivity index (χ4v) is 2.86. The van der Waals surface area contributed by atoms with E-state index in [0.29, 0.717) is 11.3 Å². The largest absolute Gasteiger partial charge is 0.453 e. The molecule has 112 valence electrons. The van der Waals surface area contributed by atoms with E-state index < -0.39 is 0 Å². The van der Waals surface area contributed by atoms with Crippen molar-refractivity contribution < 1.29 is 9.53 Å². The first-order valence-electron chi connectivity index (χ1n) is 7.53. The van der Waals surface area contributed by atoms with Crippen molar-refractivity contribution in [1.29, 1.82) is 0 Å². The maximum Gasteiger partial charge on any atom is 0.151 e. The number of aldehydes is 1. The maximum absolute atomic E-state index is 11.0. The van der Waals surface area contributed by atoms with E-state index in [0.717, 1.165) is 30.0 Å². The van der Waals surface area contributed by atoms with E-state index >= 15 is 0 Å². The van der Waals surface area contributed by atoms with Crippen LogP contribution >= 0.6 is 0 Å². The predicted octanol–water partition coefficient (Wildman–Crippen LogP) is 4.94. The summed E-state index contributed by atoms with van der Waals surface area (Å²) in [5.41, 5.74) is 3.83. The second-order valence-corrected chi connectivity index (χ2v) is 5.49. The Morgan fingerprint density at radius 1 is 0.826 bits per heavy atom. The van der Waals surface area contributed by atoms with Gasteiger partial charge in [-0.3, -0.25) is 4.79 Å². The van der Waals surface area contributed by atoms with E-state index in [1.165, 1.54) is 5.56 Å². The van der Waals surface area contributed by atoms with E-state index in [1.807, 2.05) is 48.5 Å². The van der Waals surface area contributed by atoms with Gasteiger partial charge in [0.05, 0.1) is 11.4 Å². The number of fused-ring (bicyclic) bond motifs is 2. The highest BCUT2D eigenvalue weighted by Gasteiger charge is 2.24. The number of carbonyl (C=O) groups is 1. The van der Waals surface area contributed by atoms with Crippen LogP contribution in [0.3, 0.4) is 0 Å². The minimum Gasteiger partial charge on any atom is -0.453 e. The number of nitrogens with zero attached hydrogens (tertiary/aromatic N) is 1. The van der Waals surface area contributed by atoms with Crippen LogP contribution in [0.4, 0.5) is 11.4 Å². The van der Waals surface area contributed by atoms with Crippen molar-refractivity contribution in [3.8, 4) is 11.5 Å². The van der Waals surface area contributed by atoms with Crippen LogP contribution in [0.5, 0.6) is 11.5 Å². The van der Waals surface area contributed by atoms with E-state index in [-0.39, 0.29) is 0 Å². The van der Waals surface area contributed by atoms with Gasteiger partial charge in [0, 0.05) is 12.1 Å². The van der Waals surface area contributed by atoms with Crippen molar-refractivity contribution in [1.82, 2.24) is 0 Å². The zero-order valence-corrected chi connectivity index (χ0v) is 12.5. The first-order chi connectivity index (χ1) is 11.3. The van der Waals surface area contributed by atoms with Crippen molar-refractivity contribution in [2.75, 3.05) is 4.90 Å². The number of benzene rings is 3. The highest BCUT2D eigenvalue weighted by Crippen LogP contribution is 2.47. The predicted molar refractivity (Wildman–Crippen MR) is 90.6 cm³/mol. The first kappa shape index (κ1) is 13.6. The Morgan fingerprint density at radius 3 is 2.39 bits per heavy atom. The van der Waals surface area contributed by atoms with E-state index in [4.69, 9.17) is 4.74 Å². The second kappa shape index (κ2) is 5.61. The Balaban J connectivity index is 1.82. The molecule has 0 aliphatic carbocycles. The zero-order valence-electron chi connectivity index (χ0n) is 12.5. The summed E-state index contributed by atoms with van der Waals surface area (Å²) in [6.45, 7) is 0.745. The lowest BCUT2D eigenvalue weighted by Gasteiger charge is -2.33. The molecule has 1 heterocycles. The van der Waals surface area contributed by atoms with Gasteiger partial charge in [-0.2, -0.15) is 0 Å². The molecule has 0 radical (unpaired) electrons. The summed E-state index contributed by atoms with van der Waals surface area (Å²) in [7, 11) is 0. The Bertz CT molecular complexity index is 859. The van der Waals surface area contributed by atoms with Gasteiger partial charge in [0.2, 0.25) is 0 Å². The first-order valence-corrected chi connectivity index (χ1v) is 7.53. The molecule has 0 aromatic heterocycles. The van der Waals surface area contributed by atoms with Crippen LogP contribution in [0.1, 0.15) is 15.9 Å². The van der Waals surface area contributed by atoms with Gasteiger partial charge in [0.25, 0.3) is 0 Å². The number of anilines is 2. The minimum absolute atomic E-state index is 0.614.